The molecule has 6 nitrogen and oxygen atoms in total. The molecule has 0 radical (unpaired) electrons. The lowest BCUT2D eigenvalue weighted by atomic mass is 10.2. The number of esters is 1. The molecule has 1 aliphatic heterocycles. The minimum Gasteiger partial charge on any atom is -0.498 e. The van der Waals surface area contributed by atoms with E-state index in [-0.39, 0.29) is 19.8 Å². The quantitative estimate of drug-likeness (QED) is 0.439. The fraction of sp³-hybridized carbons (Fsp3) is 0.412. The van der Waals surface area contributed by atoms with Gasteiger partial charge >= 0.3 is 12.1 Å². The van der Waals surface area contributed by atoms with E-state index >= 15 is 0 Å². The third-order valence-corrected chi connectivity index (χ3v) is 3.53. The van der Waals surface area contributed by atoms with E-state index in [0.717, 1.165) is 12.0 Å². The van der Waals surface area contributed by atoms with Crippen molar-refractivity contribution in [2.75, 3.05) is 19.8 Å². The van der Waals surface area contributed by atoms with E-state index in [1.807, 2.05) is 30.3 Å². The number of benzene rings is 1. The summed E-state index contributed by atoms with van der Waals surface area (Å²) < 4.78 is 15.3. The molecule has 124 valence electrons. The van der Waals surface area contributed by atoms with Crippen molar-refractivity contribution in [1.82, 2.24) is 4.90 Å². The number of nitrogens with zero attached hydrogens (tertiary/aromatic N) is 1. The molecule has 0 saturated carbocycles. The van der Waals surface area contributed by atoms with E-state index in [0.29, 0.717) is 13.0 Å². The van der Waals surface area contributed by atoms with E-state index in [1.54, 1.807) is 0 Å². The van der Waals surface area contributed by atoms with Gasteiger partial charge in [-0.25, -0.2) is 9.59 Å². The molecule has 0 N–H and O–H groups in total. The van der Waals surface area contributed by atoms with Gasteiger partial charge in [0.05, 0.1) is 6.26 Å². The first kappa shape index (κ1) is 16.9. The zero-order valence-electron chi connectivity index (χ0n) is 13.0. The van der Waals surface area contributed by atoms with Gasteiger partial charge in [0.15, 0.2) is 0 Å². The van der Waals surface area contributed by atoms with Gasteiger partial charge in [0.2, 0.25) is 0 Å². The number of rotatable bonds is 7. The molecule has 0 aromatic heterocycles. The van der Waals surface area contributed by atoms with Crippen molar-refractivity contribution in [3.05, 3.63) is 48.7 Å². The third kappa shape index (κ3) is 5.02. The van der Waals surface area contributed by atoms with Gasteiger partial charge in [-0.15, -0.1) is 0 Å². The Hall–Kier alpha value is -2.50. The van der Waals surface area contributed by atoms with Gasteiger partial charge in [-0.1, -0.05) is 36.9 Å². The molecule has 23 heavy (non-hydrogen) atoms. The van der Waals surface area contributed by atoms with Crippen molar-refractivity contribution in [2.45, 2.75) is 25.5 Å². The lowest BCUT2D eigenvalue weighted by Gasteiger charge is -2.22. The number of hydrogen-bond acceptors (Lipinski definition) is 5. The van der Waals surface area contributed by atoms with Crippen LogP contribution in [0.5, 0.6) is 0 Å². The van der Waals surface area contributed by atoms with Gasteiger partial charge in [0, 0.05) is 6.54 Å². The van der Waals surface area contributed by atoms with Crippen LogP contribution in [0, 0.1) is 0 Å². The van der Waals surface area contributed by atoms with Crippen LogP contribution in [0.2, 0.25) is 0 Å². The maximum atomic E-state index is 12.2. The van der Waals surface area contributed by atoms with Gasteiger partial charge < -0.3 is 14.2 Å². The molecule has 1 atom stereocenters. The number of ether oxygens (including phenoxy) is 3. The highest BCUT2D eigenvalue weighted by Crippen LogP contribution is 2.20. The van der Waals surface area contributed by atoms with Crippen LogP contribution in [0.3, 0.4) is 0 Å². The average molecular weight is 319 g/mol. The van der Waals surface area contributed by atoms with Gasteiger partial charge in [-0.3, -0.25) is 4.90 Å². The number of hydrogen-bond donors (Lipinski definition) is 0. The van der Waals surface area contributed by atoms with Crippen LogP contribution in [-0.4, -0.2) is 42.8 Å². The standard InChI is InChI=1S/C17H21NO5/c1-2-21-11-12-22-16(19)15-9-6-10-18(15)17(20)23-13-14-7-4-3-5-8-14/h2-5,7-8,15H,1,6,9-13H2/t15-/m0/s1. The lowest BCUT2D eigenvalue weighted by Crippen LogP contribution is -2.41. The van der Waals surface area contributed by atoms with Gasteiger partial charge in [0.1, 0.15) is 25.9 Å². The summed E-state index contributed by atoms with van der Waals surface area (Å²) >= 11 is 0. The Labute approximate surface area is 135 Å². The zero-order valence-corrected chi connectivity index (χ0v) is 13.0. The van der Waals surface area contributed by atoms with Crippen LogP contribution in [0.4, 0.5) is 4.79 Å². The summed E-state index contributed by atoms with van der Waals surface area (Å²) in [4.78, 5) is 25.6. The molecular weight excluding hydrogens is 298 g/mol. The highest BCUT2D eigenvalue weighted by Gasteiger charge is 2.36. The predicted molar refractivity (Wildman–Crippen MR) is 83.5 cm³/mol. The topological polar surface area (TPSA) is 65.1 Å². The molecule has 0 aliphatic carbocycles. The maximum absolute atomic E-state index is 12.2. The van der Waals surface area contributed by atoms with Gasteiger partial charge in [-0.05, 0) is 18.4 Å². The monoisotopic (exact) mass is 319 g/mol. The largest absolute Gasteiger partial charge is 0.498 e. The summed E-state index contributed by atoms with van der Waals surface area (Å²) in [5.74, 6) is -0.424. The minimum atomic E-state index is -0.581. The van der Waals surface area contributed by atoms with Crippen LogP contribution in [0.15, 0.2) is 43.2 Å². The Balaban J connectivity index is 1.81. The number of carbonyl (C=O) groups is 2. The molecule has 1 heterocycles. The van der Waals surface area contributed by atoms with Crippen LogP contribution in [-0.2, 0) is 25.6 Å². The van der Waals surface area contributed by atoms with E-state index in [1.165, 1.54) is 11.2 Å². The second kappa shape index (κ2) is 8.82. The molecule has 2 rings (SSSR count). The summed E-state index contributed by atoms with van der Waals surface area (Å²) in [7, 11) is 0. The third-order valence-electron chi connectivity index (χ3n) is 3.53. The van der Waals surface area contributed by atoms with Crippen LogP contribution < -0.4 is 0 Å². The summed E-state index contributed by atoms with van der Waals surface area (Å²) in [5, 5.41) is 0. The molecule has 1 aliphatic rings. The molecule has 0 unspecified atom stereocenters. The van der Waals surface area contributed by atoms with Gasteiger partial charge in [0.25, 0.3) is 0 Å². The van der Waals surface area contributed by atoms with E-state index in [4.69, 9.17) is 14.2 Å². The fourth-order valence-electron chi connectivity index (χ4n) is 2.40. The van der Waals surface area contributed by atoms with Crippen molar-refractivity contribution < 1.29 is 23.8 Å². The number of likely N-dealkylation sites (tertiary alicyclic amines) is 1. The van der Waals surface area contributed by atoms with Crippen molar-refractivity contribution in [3.63, 3.8) is 0 Å². The Kier molecular flexibility index (Phi) is 6.47. The first-order chi connectivity index (χ1) is 11.2. The Bertz CT molecular complexity index is 531. The first-order valence-corrected chi connectivity index (χ1v) is 7.59. The summed E-state index contributed by atoms with van der Waals surface area (Å²) in [6.07, 6.45) is 2.14. The lowest BCUT2D eigenvalue weighted by molar-refractivity contribution is -0.149. The second-order valence-corrected chi connectivity index (χ2v) is 5.10. The molecule has 0 spiro atoms. The molecule has 1 aromatic rings. The Morgan fingerprint density at radius 2 is 2.00 bits per heavy atom. The number of carbonyl (C=O) groups excluding carboxylic acids is 2. The molecular formula is C17H21NO5. The first-order valence-electron chi connectivity index (χ1n) is 7.59. The van der Waals surface area contributed by atoms with Crippen molar-refractivity contribution in [3.8, 4) is 0 Å². The highest BCUT2D eigenvalue weighted by molar-refractivity contribution is 5.82. The van der Waals surface area contributed by atoms with Crippen LogP contribution >= 0.6 is 0 Å². The minimum absolute atomic E-state index is 0.133. The van der Waals surface area contributed by atoms with E-state index < -0.39 is 18.1 Å². The second-order valence-electron chi connectivity index (χ2n) is 5.10. The Morgan fingerprint density at radius 3 is 2.74 bits per heavy atom. The molecule has 6 heteroatoms. The predicted octanol–water partition coefficient (Wildman–Crippen LogP) is 2.49. The van der Waals surface area contributed by atoms with E-state index in [9.17, 15) is 9.59 Å². The molecule has 1 aromatic carbocycles. The van der Waals surface area contributed by atoms with Crippen molar-refractivity contribution in [1.29, 1.82) is 0 Å². The average Bonchev–Trinajstić information content (AvgIpc) is 3.07. The Morgan fingerprint density at radius 1 is 1.22 bits per heavy atom. The van der Waals surface area contributed by atoms with Crippen molar-refractivity contribution >= 4 is 12.1 Å². The zero-order chi connectivity index (χ0) is 16.5. The molecule has 0 bridgehead atoms. The summed E-state index contributed by atoms with van der Waals surface area (Å²) in [6, 6.07) is 8.83. The van der Waals surface area contributed by atoms with Crippen LogP contribution in [0.1, 0.15) is 18.4 Å². The molecule has 1 amide bonds. The molecule has 1 fully saturated rings. The highest BCUT2D eigenvalue weighted by atomic mass is 16.6. The summed E-state index contributed by atoms with van der Waals surface area (Å²) in [6.45, 7) is 4.47. The SMILES string of the molecule is C=COCCOC(=O)[C@@H]1CCCN1C(=O)OCc1ccccc1. The number of amides is 1. The molecule has 1 saturated heterocycles. The maximum Gasteiger partial charge on any atom is 0.410 e. The smallest absolute Gasteiger partial charge is 0.410 e. The van der Waals surface area contributed by atoms with Crippen molar-refractivity contribution in [2.24, 2.45) is 0 Å². The normalized spacial score (nSPS) is 16.7. The van der Waals surface area contributed by atoms with E-state index in [2.05, 4.69) is 6.58 Å². The summed E-state index contributed by atoms with van der Waals surface area (Å²) in [5.41, 5.74) is 0.903. The fourth-order valence-corrected chi connectivity index (χ4v) is 2.40. The van der Waals surface area contributed by atoms with Crippen LogP contribution in [0.25, 0.3) is 0 Å². The van der Waals surface area contributed by atoms with Gasteiger partial charge in [-0.2, -0.15) is 0 Å².